The van der Waals surface area contributed by atoms with Crippen LogP contribution in [0.1, 0.15) is 94.0 Å². The SMILES string of the molecule is CCCCOc1ccc(C(=O)Oc2ccc(CC[C@H]3CC[C@H](OC(=O)[C@@H](F)CCCC)CC3)cc2)cc1F. The van der Waals surface area contributed by atoms with Gasteiger partial charge in [0.2, 0.25) is 0 Å². The molecule has 208 valence electrons. The summed E-state index contributed by atoms with van der Waals surface area (Å²) < 4.78 is 44.3. The average molecular weight is 531 g/mol. The van der Waals surface area contributed by atoms with Gasteiger partial charge in [-0.15, -0.1) is 0 Å². The zero-order chi connectivity index (χ0) is 27.3. The Balaban J connectivity index is 1.39. The number of hydrogen-bond acceptors (Lipinski definition) is 5. The fraction of sp³-hybridized carbons (Fsp3) is 0.548. The molecule has 1 fully saturated rings. The lowest BCUT2D eigenvalue weighted by atomic mass is 9.83. The highest BCUT2D eigenvalue weighted by atomic mass is 19.1. The van der Waals surface area contributed by atoms with Gasteiger partial charge in [-0.1, -0.05) is 45.2 Å². The van der Waals surface area contributed by atoms with Crippen molar-refractivity contribution in [2.45, 2.75) is 96.8 Å². The van der Waals surface area contributed by atoms with Gasteiger partial charge >= 0.3 is 11.9 Å². The number of carbonyl (C=O) groups excluding carboxylic acids is 2. The molecule has 0 aliphatic heterocycles. The average Bonchev–Trinajstić information content (AvgIpc) is 2.93. The highest BCUT2D eigenvalue weighted by Gasteiger charge is 2.27. The molecule has 0 aromatic heterocycles. The molecule has 0 amide bonds. The smallest absolute Gasteiger partial charge is 0.343 e. The van der Waals surface area contributed by atoms with Crippen molar-refractivity contribution >= 4 is 11.9 Å². The van der Waals surface area contributed by atoms with Crippen LogP contribution in [0.25, 0.3) is 0 Å². The van der Waals surface area contributed by atoms with E-state index < -0.39 is 23.9 Å². The van der Waals surface area contributed by atoms with Crippen molar-refractivity contribution in [3.8, 4) is 11.5 Å². The zero-order valence-electron chi connectivity index (χ0n) is 22.6. The van der Waals surface area contributed by atoms with Gasteiger partial charge in [-0.2, -0.15) is 0 Å². The van der Waals surface area contributed by atoms with Gasteiger partial charge < -0.3 is 14.2 Å². The van der Waals surface area contributed by atoms with Crippen LogP contribution in [0.15, 0.2) is 42.5 Å². The maximum Gasteiger partial charge on any atom is 0.343 e. The quantitative estimate of drug-likeness (QED) is 0.142. The molecule has 0 N–H and O–H groups in total. The van der Waals surface area contributed by atoms with E-state index in [0.717, 1.165) is 69.4 Å². The van der Waals surface area contributed by atoms with E-state index in [4.69, 9.17) is 14.2 Å². The van der Waals surface area contributed by atoms with Crippen LogP contribution in [0.2, 0.25) is 0 Å². The lowest BCUT2D eigenvalue weighted by molar-refractivity contribution is -0.157. The van der Waals surface area contributed by atoms with Gasteiger partial charge in [0.05, 0.1) is 12.2 Å². The van der Waals surface area contributed by atoms with Crippen molar-refractivity contribution in [2.24, 2.45) is 5.92 Å². The fourth-order valence-electron chi connectivity index (χ4n) is 4.61. The molecule has 0 radical (unpaired) electrons. The summed E-state index contributed by atoms with van der Waals surface area (Å²) >= 11 is 0. The predicted octanol–water partition coefficient (Wildman–Crippen LogP) is 7.79. The molecule has 7 heteroatoms. The van der Waals surface area contributed by atoms with Crippen LogP contribution in [-0.4, -0.2) is 30.8 Å². The van der Waals surface area contributed by atoms with Crippen LogP contribution in [0.3, 0.4) is 0 Å². The largest absolute Gasteiger partial charge is 0.491 e. The summed E-state index contributed by atoms with van der Waals surface area (Å²) in [5, 5.41) is 0. The third kappa shape index (κ3) is 9.41. The van der Waals surface area contributed by atoms with Gasteiger partial charge in [0.25, 0.3) is 0 Å². The summed E-state index contributed by atoms with van der Waals surface area (Å²) in [6.07, 6.45) is 7.25. The third-order valence-electron chi connectivity index (χ3n) is 7.04. The zero-order valence-corrected chi connectivity index (χ0v) is 22.6. The molecule has 1 saturated carbocycles. The third-order valence-corrected chi connectivity index (χ3v) is 7.04. The second kappa shape index (κ2) is 15.5. The number of carbonyl (C=O) groups is 2. The summed E-state index contributed by atoms with van der Waals surface area (Å²) in [5.74, 6) is -0.858. The Morgan fingerprint density at radius 3 is 2.34 bits per heavy atom. The molecule has 2 aromatic rings. The van der Waals surface area contributed by atoms with E-state index in [-0.39, 0.29) is 23.8 Å². The molecular weight excluding hydrogens is 490 g/mol. The lowest BCUT2D eigenvalue weighted by Crippen LogP contribution is -2.29. The Bertz CT molecular complexity index is 1020. The van der Waals surface area contributed by atoms with Gasteiger partial charge in [0.15, 0.2) is 17.7 Å². The second-order valence-electron chi connectivity index (χ2n) is 10.1. The second-order valence-corrected chi connectivity index (χ2v) is 10.1. The molecule has 0 saturated heterocycles. The normalized spacial score (nSPS) is 18.0. The summed E-state index contributed by atoms with van der Waals surface area (Å²) in [5.41, 5.74) is 1.26. The molecule has 38 heavy (non-hydrogen) atoms. The molecule has 3 rings (SSSR count). The molecule has 2 aromatic carbocycles. The van der Waals surface area contributed by atoms with E-state index >= 15 is 0 Å². The first kappa shape index (κ1) is 29.6. The minimum atomic E-state index is -1.51. The Morgan fingerprint density at radius 1 is 0.974 bits per heavy atom. The number of halogens is 2. The van der Waals surface area contributed by atoms with Crippen molar-refractivity contribution in [3.63, 3.8) is 0 Å². The van der Waals surface area contributed by atoms with Gasteiger partial charge in [-0.25, -0.2) is 18.4 Å². The number of aryl methyl sites for hydroxylation is 1. The van der Waals surface area contributed by atoms with Crippen molar-refractivity contribution in [3.05, 3.63) is 59.4 Å². The van der Waals surface area contributed by atoms with Crippen LogP contribution < -0.4 is 9.47 Å². The molecule has 0 bridgehead atoms. The molecule has 0 unspecified atom stereocenters. The number of esters is 2. The maximum atomic E-state index is 14.2. The van der Waals surface area contributed by atoms with Crippen molar-refractivity contribution in [1.29, 1.82) is 0 Å². The summed E-state index contributed by atoms with van der Waals surface area (Å²) in [6.45, 7) is 4.43. The Hall–Kier alpha value is -2.96. The first-order valence-corrected chi connectivity index (χ1v) is 14.0. The van der Waals surface area contributed by atoms with Gasteiger partial charge in [0.1, 0.15) is 11.9 Å². The molecule has 0 spiro atoms. The number of rotatable bonds is 14. The van der Waals surface area contributed by atoms with E-state index in [9.17, 15) is 18.4 Å². The number of ether oxygens (including phenoxy) is 3. The topological polar surface area (TPSA) is 61.8 Å². The standard InChI is InChI=1S/C31H40F2O5/c1-3-5-7-27(32)31(35)38-26-17-12-23(13-18-26)9-8-22-10-15-25(16-11-22)37-30(34)24-14-19-29(28(33)21-24)36-20-6-4-2/h10-11,14-16,19,21,23,26-27H,3-9,12-13,17-18,20H2,1-2H3/t23-,26-,27-/m0/s1. The lowest BCUT2D eigenvalue weighted by Gasteiger charge is -2.28. The molecule has 1 atom stereocenters. The Kier molecular flexibility index (Phi) is 12.0. The number of unbranched alkanes of at least 4 members (excludes halogenated alkanes) is 2. The molecule has 5 nitrogen and oxygen atoms in total. The Labute approximate surface area is 224 Å². The Morgan fingerprint density at radius 2 is 1.68 bits per heavy atom. The molecular formula is C31H40F2O5. The van der Waals surface area contributed by atoms with Gasteiger partial charge in [-0.3, -0.25) is 0 Å². The van der Waals surface area contributed by atoms with E-state index in [1.54, 1.807) is 12.1 Å². The fourth-order valence-corrected chi connectivity index (χ4v) is 4.61. The monoisotopic (exact) mass is 530 g/mol. The highest BCUT2D eigenvalue weighted by molar-refractivity contribution is 5.91. The van der Waals surface area contributed by atoms with Crippen molar-refractivity contribution in [2.75, 3.05) is 6.61 Å². The number of alkyl halides is 1. The van der Waals surface area contributed by atoms with Crippen LogP contribution in [-0.2, 0) is 16.0 Å². The van der Waals surface area contributed by atoms with E-state index in [2.05, 4.69) is 0 Å². The summed E-state index contributed by atoms with van der Waals surface area (Å²) in [7, 11) is 0. The number of benzene rings is 2. The molecule has 0 heterocycles. The minimum absolute atomic E-state index is 0.124. The van der Waals surface area contributed by atoms with Crippen molar-refractivity contribution in [1.82, 2.24) is 0 Å². The predicted molar refractivity (Wildman–Crippen MR) is 143 cm³/mol. The highest BCUT2D eigenvalue weighted by Crippen LogP contribution is 2.30. The van der Waals surface area contributed by atoms with Gasteiger partial charge in [0, 0.05) is 0 Å². The van der Waals surface area contributed by atoms with Crippen LogP contribution >= 0.6 is 0 Å². The summed E-state index contributed by atoms with van der Waals surface area (Å²) in [6, 6.07) is 11.4. The maximum absolute atomic E-state index is 14.2. The van der Waals surface area contributed by atoms with Gasteiger partial charge in [-0.05, 0) is 93.2 Å². The number of hydrogen-bond donors (Lipinski definition) is 0. The van der Waals surface area contributed by atoms with E-state index in [1.165, 1.54) is 12.1 Å². The van der Waals surface area contributed by atoms with Crippen LogP contribution in [0.5, 0.6) is 11.5 Å². The molecule has 1 aliphatic carbocycles. The van der Waals surface area contributed by atoms with E-state index in [1.807, 2.05) is 26.0 Å². The van der Waals surface area contributed by atoms with Crippen LogP contribution in [0, 0.1) is 11.7 Å². The molecule has 1 aliphatic rings. The van der Waals surface area contributed by atoms with E-state index in [0.29, 0.717) is 24.7 Å². The van der Waals surface area contributed by atoms with Crippen LogP contribution in [0.4, 0.5) is 8.78 Å². The summed E-state index contributed by atoms with van der Waals surface area (Å²) in [4.78, 5) is 24.4. The minimum Gasteiger partial charge on any atom is -0.491 e. The van der Waals surface area contributed by atoms with Crippen molar-refractivity contribution < 1.29 is 32.6 Å². The first-order valence-electron chi connectivity index (χ1n) is 14.0. The first-order chi connectivity index (χ1) is 18.4.